The molecule has 3 atom stereocenters. The highest BCUT2D eigenvalue weighted by Gasteiger charge is 2.24. The van der Waals surface area contributed by atoms with Gasteiger partial charge >= 0.3 is 5.97 Å². The Hall–Kier alpha value is -0.240. The number of rotatable bonds is 4. The second-order valence-corrected chi connectivity index (χ2v) is 3.77. The average Bonchev–Trinajstić information content (AvgIpc) is 2.02. The predicted octanol–water partition coefficient (Wildman–Crippen LogP) is 2.45. The van der Waals surface area contributed by atoms with E-state index in [1.807, 2.05) is 20.8 Å². The highest BCUT2D eigenvalue weighted by Crippen LogP contribution is 2.20. The van der Waals surface area contributed by atoms with Gasteiger partial charge in [-0.3, -0.25) is 4.79 Å². The lowest BCUT2D eigenvalue weighted by Gasteiger charge is -2.19. The van der Waals surface area contributed by atoms with Crippen molar-refractivity contribution in [2.24, 2.45) is 11.8 Å². The number of carbonyl (C=O) groups excluding carboxylic acids is 1. The maximum atomic E-state index is 11.2. The van der Waals surface area contributed by atoms with Crippen LogP contribution < -0.4 is 0 Å². The van der Waals surface area contributed by atoms with E-state index in [0.29, 0.717) is 6.61 Å². The minimum Gasteiger partial charge on any atom is -0.466 e. The predicted molar refractivity (Wildman–Crippen MR) is 50.3 cm³/mol. The van der Waals surface area contributed by atoms with Gasteiger partial charge in [0.1, 0.15) is 0 Å². The molecule has 72 valence electrons. The van der Waals surface area contributed by atoms with Crippen molar-refractivity contribution in [3.63, 3.8) is 0 Å². The molecule has 0 heterocycles. The second-order valence-electron chi connectivity index (χ2n) is 3.08. The van der Waals surface area contributed by atoms with E-state index in [-0.39, 0.29) is 23.2 Å². The van der Waals surface area contributed by atoms with Gasteiger partial charge < -0.3 is 4.74 Å². The van der Waals surface area contributed by atoms with E-state index in [1.165, 1.54) is 0 Å². The van der Waals surface area contributed by atoms with Gasteiger partial charge in [0.25, 0.3) is 0 Å². The lowest BCUT2D eigenvalue weighted by atomic mass is 9.93. The van der Waals surface area contributed by atoms with Crippen molar-refractivity contribution in [2.45, 2.75) is 33.1 Å². The van der Waals surface area contributed by atoms with Crippen molar-refractivity contribution >= 4 is 17.6 Å². The molecule has 2 nitrogen and oxygen atoms in total. The molecule has 0 spiro atoms. The molecule has 0 aromatic heterocycles. The Morgan fingerprint density at radius 2 is 1.92 bits per heavy atom. The number of hydrogen-bond acceptors (Lipinski definition) is 2. The molecule has 0 aromatic rings. The summed E-state index contributed by atoms with van der Waals surface area (Å²) in [7, 11) is 0. The molecule has 3 unspecified atom stereocenters. The summed E-state index contributed by atoms with van der Waals surface area (Å²) in [6.45, 7) is 7.94. The fourth-order valence-corrected chi connectivity index (χ4v) is 1.10. The highest BCUT2D eigenvalue weighted by molar-refractivity contribution is 6.20. The molecular weight excluding hydrogens is 176 g/mol. The zero-order chi connectivity index (χ0) is 9.72. The van der Waals surface area contributed by atoms with Crippen LogP contribution in [0.4, 0.5) is 0 Å². The van der Waals surface area contributed by atoms with E-state index < -0.39 is 0 Å². The highest BCUT2D eigenvalue weighted by atomic mass is 35.5. The Labute approximate surface area is 79.2 Å². The molecule has 12 heavy (non-hydrogen) atoms. The van der Waals surface area contributed by atoms with Crippen LogP contribution in [0.2, 0.25) is 0 Å². The first-order valence-corrected chi connectivity index (χ1v) is 4.75. The smallest absolute Gasteiger partial charge is 0.308 e. The molecular formula is C9H17ClO2. The molecule has 0 aliphatic rings. The minimum absolute atomic E-state index is 0.00408. The first-order valence-electron chi connectivity index (χ1n) is 4.31. The lowest BCUT2D eigenvalue weighted by Crippen LogP contribution is -2.26. The van der Waals surface area contributed by atoms with E-state index in [4.69, 9.17) is 16.3 Å². The number of carbonyl (C=O) groups is 1. The summed E-state index contributed by atoms with van der Waals surface area (Å²) < 4.78 is 4.88. The number of hydrogen-bond donors (Lipinski definition) is 0. The largest absolute Gasteiger partial charge is 0.466 e. The second kappa shape index (κ2) is 5.41. The molecule has 0 fully saturated rings. The molecule has 0 N–H and O–H groups in total. The summed E-state index contributed by atoms with van der Waals surface area (Å²) in [5.41, 5.74) is 0. The third-order valence-corrected chi connectivity index (χ3v) is 2.57. The van der Waals surface area contributed by atoms with Gasteiger partial charge in [-0.05, 0) is 19.8 Å². The number of esters is 1. The summed E-state index contributed by atoms with van der Waals surface area (Å²) in [5, 5.41) is 0.00408. The zero-order valence-electron chi connectivity index (χ0n) is 8.13. The molecule has 0 amide bonds. The third kappa shape index (κ3) is 3.44. The van der Waals surface area contributed by atoms with Crippen molar-refractivity contribution in [1.29, 1.82) is 0 Å². The van der Waals surface area contributed by atoms with Crippen molar-refractivity contribution in [1.82, 2.24) is 0 Å². The molecule has 0 saturated heterocycles. The van der Waals surface area contributed by atoms with Gasteiger partial charge in [0.05, 0.1) is 12.5 Å². The number of alkyl halides is 1. The van der Waals surface area contributed by atoms with Crippen LogP contribution >= 0.6 is 11.6 Å². The van der Waals surface area contributed by atoms with Crippen LogP contribution in [0.15, 0.2) is 0 Å². The molecule has 0 rings (SSSR count). The number of ether oxygens (including phenoxy) is 1. The van der Waals surface area contributed by atoms with Gasteiger partial charge in [-0.15, -0.1) is 11.6 Å². The summed E-state index contributed by atoms with van der Waals surface area (Å²) in [5.74, 6) is -0.110. The Balaban J connectivity index is 4.00. The number of halogens is 1. The van der Waals surface area contributed by atoms with E-state index in [0.717, 1.165) is 0 Å². The first-order chi connectivity index (χ1) is 5.50. The van der Waals surface area contributed by atoms with Crippen LogP contribution in [0.25, 0.3) is 0 Å². The molecule has 0 aromatic carbocycles. The molecule has 0 aliphatic heterocycles. The zero-order valence-corrected chi connectivity index (χ0v) is 8.89. The molecule has 0 bridgehead atoms. The van der Waals surface area contributed by atoms with Gasteiger partial charge in [0.15, 0.2) is 0 Å². The van der Waals surface area contributed by atoms with Gasteiger partial charge in [-0.25, -0.2) is 0 Å². The van der Waals surface area contributed by atoms with E-state index >= 15 is 0 Å². The van der Waals surface area contributed by atoms with Crippen LogP contribution in [0.5, 0.6) is 0 Å². The summed E-state index contributed by atoms with van der Waals surface area (Å²) in [4.78, 5) is 11.2. The SMILES string of the molecule is CCOC(=O)C(C)C(C)C(C)Cl. The van der Waals surface area contributed by atoms with Gasteiger partial charge in [-0.2, -0.15) is 0 Å². The Morgan fingerprint density at radius 1 is 1.42 bits per heavy atom. The molecule has 3 heteroatoms. The standard InChI is InChI=1S/C9H17ClO2/c1-5-12-9(11)7(3)6(2)8(4)10/h6-8H,5H2,1-4H3. The third-order valence-electron chi connectivity index (χ3n) is 2.17. The topological polar surface area (TPSA) is 26.3 Å². The molecule has 0 radical (unpaired) electrons. The quantitative estimate of drug-likeness (QED) is 0.505. The Bertz CT molecular complexity index is 145. The van der Waals surface area contributed by atoms with E-state index in [2.05, 4.69) is 0 Å². The lowest BCUT2D eigenvalue weighted by molar-refractivity contribution is -0.149. The van der Waals surface area contributed by atoms with Gasteiger partial charge in [0, 0.05) is 5.38 Å². The van der Waals surface area contributed by atoms with Crippen LogP contribution in [-0.4, -0.2) is 18.0 Å². The van der Waals surface area contributed by atoms with Crippen molar-refractivity contribution < 1.29 is 9.53 Å². The maximum Gasteiger partial charge on any atom is 0.308 e. The summed E-state index contributed by atoms with van der Waals surface area (Å²) >= 11 is 5.86. The van der Waals surface area contributed by atoms with Crippen molar-refractivity contribution in [2.75, 3.05) is 6.61 Å². The average molecular weight is 193 g/mol. The maximum absolute atomic E-state index is 11.2. The van der Waals surface area contributed by atoms with Crippen molar-refractivity contribution in [3.05, 3.63) is 0 Å². The molecule has 0 saturated carbocycles. The van der Waals surface area contributed by atoms with E-state index in [1.54, 1.807) is 6.92 Å². The normalized spacial score (nSPS) is 18.1. The van der Waals surface area contributed by atoms with E-state index in [9.17, 15) is 4.79 Å². The monoisotopic (exact) mass is 192 g/mol. The van der Waals surface area contributed by atoms with Gasteiger partial charge in [0.2, 0.25) is 0 Å². The van der Waals surface area contributed by atoms with Crippen molar-refractivity contribution in [3.8, 4) is 0 Å². The fraction of sp³-hybridized carbons (Fsp3) is 0.889. The summed E-state index contributed by atoms with van der Waals surface area (Å²) in [6.07, 6.45) is 0. The molecule has 0 aliphatic carbocycles. The fourth-order valence-electron chi connectivity index (χ4n) is 0.886. The first kappa shape index (κ1) is 11.8. The minimum atomic E-state index is -0.155. The van der Waals surface area contributed by atoms with Crippen LogP contribution in [0.1, 0.15) is 27.7 Å². The Kier molecular flexibility index (Phi) is 5.31. The summed E-state index contributed by atoms with van der Waals surface area (Å²) in [6, 6.07) is 0. The Morgan fingerprint density at radius 3 is 2.25 bits per heavy atom. The van der Waals surface area contributed by atoms with Crippen LogP contribution in [0, 0.1) is 11.8 Å². The van der Waals surface area contributed by atoms with Crippen LogP contribution in [-0.2, 0) is 9.53 Å². The van der Waals surface area contributed by atoms with Crippen LogP contribution in [0.3, 0.4) is 0 Å². The van der Waals surface area contributed by atoms with Gasteiger partial charge in [-0.1, -0.05) is 13.8 Å².